The van der Waals surface area contributed by atoms with E-state index >= 15 is 0 Å². The first-order valence-corrected chi connectivity index (χ1v) is 6.69. The smallest absolute Gasteiger partial charge is 0.305 e. The molecule has 0 aromatic carbocycles. The monoisotopic (exact) mass is 328 g/mol. The number of carboxylic acids is 1. The van der Waals surface area contributed by atoms with Crippen LogP contribution in [0.5, 0.6) is 0 Å². The molecule has 0 saturated heterocycles. The Balaban J connectivity index is 2.91. The van der Waals surface area contributed by atoms with Gasteiger partial charge in [-0.15, -0.1) is 0 Å². The van der Waals surface area contributed by atoms with Gasteiger partial charge in [-0.1, -0.05) is 13.8 Å². The van der Waals surface area contributed by atoms with E-state index in [0.717, 1.165) is 0 Å². The first-order valence-electron chi connectivity index (χ1n) is 5.89. The molecule has 104 valence electrons. The van der Waals surface area contributed by atoms with Crippen molar-refractivity contribution in [3.05, 3.63) is 28.5 Å². The van der Waals surface area contributed by atoms with Crippen molar-refractivity contribution in [1.29, 1.82) is 0 Å². The van der Waals surface area contributed by atoms with Crippen molar-refractivity contribution in [2.24, 2.45) is 5.92 Å². The quantitative estimate of drug-likeness (QED) is 0.870. The molecule has 1 aromatic rings. The lowest BCUT2D eigenvalue weighted by molar-refractivity contribution is -0.138. The molecule has 0 radical (unpaired) electrons. The van der Waals surface area contributed by atoms with Gasteiger partial charge in [-0.25, -0.2) is 0 Å². The summed E-state index contributed by atoms with van der Waals surface area (Å²) in [6, 6.07) is 1.64. The van der Waals surface area contributed by atoms with Crippen molar-refractivity contribution >= 4 is 27.8 Å². The van der Waals surface area contributed by atoms with Gasteiger partial charge in [0.2, 0.25) is 0 Å². The third kappa shape index (κ3) is 4.31. The van der Waals surface area contributed by atoms with Crippen LogP contribution in [0.3, 0.4) is 0 Å². The van der Waals surface area contributed by atoms with Crippen molar-refractivity contribution in [1.82, 2.24) is 10.3 Å². The van der Waals surface area contributed by atoms with Gasteiger partial charge >= 0.3 is 5.97 Å². The zero-order valence-electron chi connectivity index (χ0n) is 11.1. The fourth-order valence-corrected chi connectivity index (χ4v) is 1.94. The molecule has 0 spiro atoms. The second-order valence-corrected chi connectivity index (χ2v) is 5.90. The summed E-state index contributed by atoms with van der Waals surface area (Å²) in [5.74, 6) is -1.28. The van der Waals surface area contributed by atoms with Crippen molar-refractivity contribution in [3.8, 4) is 0 Å². The molecule has 1 atom stereocenters. The standard InChI is InChI=1S/C13H17BrN2O3/c1-8(2)13(3,5-11(17)18)16-12(19)9-4-10(14)7-15-6-9/h4,6-8H,5H2,1-3H3,(H,16,19)(H,17,18). The summed E-state index contributed by atoms with van der Waals surface area (Å²) in [6.07, 6.45) is 2.90. The van der Waals surface area contributed by atoms with Gasteiger partial charge in [-0.3, -0.25) is 14.6 Å². The van der Waals surface area contributed by atoms with Crippen LogP contribution in [0.25, 0.3) is 0 Å². The predicted molar refractivity (Wildman–Crippen MR) is 74.9 cm³/mol. The lowest BCUT2D eigenvalue weighted by Gasteiger charge is -2.33. The van der Waals surface area contributed by atoms with Crippen LogP contribution < -0.4 is 5.32 Å². The van der Waals surface area contributed by atoms with Gasteiger partial charge in [-0.05, 0) is 34.8 Å². The normalized spacial score (nSPS) is 13.9. The molecule has 1 unspecified atom stereocenters. The predicted octanol–water partition coefficient (Wildman–Crippen LogP) is 2.46. The van der Waals surface area contributed by atoms with Crippen LogP contribution >= 0.6 is 15.9 Å². The molecular formula is C13H17BrN2O3. The first-order chi connectivity index (χ1) is 8.74. The molecule has 1 amide bonds. The van der Waals surface area contributed by atoms with Gasteiger partial charge < -0.3 is 10.4 Å². The van der Waals surface area contributed by atoms with Crippen LogP contribution in [0.15, 0.2) is 22.9 Å². The van der Waals surface area contributed by atoms with Gasteiger partial charge in [0.25, 0.3) is 5.91 Å². The van der Waals surface area contributed by atoms with E-state index in [9.17, 15) is 9.59 Å². The lowest BCUT2D eigenvalue weighted by Crippen LogP contribution is -2.51. The molecular weight excluding hydrogens is 312 g/mol. The molecule has 0 aliphatic carbocycles. The Hall–Kier alpha value is -1.43. The molecule has 5 nitrogen and oxygen atoms in total. The molecule has 1 heterocycles. The maximum atomic E-state index is 12.1. The number of carbonyl (C=O) groups is 2. The number of nitrogens with one attached hydrogen (secondary N) is 1. The number of pyridine rings is 1. The zero-order valence-corrected chi connectivity index (χ0v) is 12.7. The highest BCUT2D eigenvalue weighted by atomic mass is 79.9. The minimum atomic E-state index is -0.941. The Morgan fingerprint density at radius 2 is 2.11 bits per heavy atom. The summed E-state index contributed by atoms with van der Waals surface area (Å²) in [4.78, 5) is 27.0. The molecule has 2 N–H and O–H groups in total. The molecule has 19 heavy (non-hydrogen) atoms. The SMILES string of the molecule is CC(C)C(C)(CC(=O)O)NC(=O)c1cncc(Br)c1. The van der Waals surface area contributed by atoms with Crippen molar-refractivity contribution in [3.63, 3.8) is 0 Å². The average molecular weight is 329 g/mol. The minimum Gasteiger partial charge on any atom is -0.481 e. The number of amides is 1. The van der Waals surface area contributed by atoms with E-state index in [1.165, 1.54) is 6.20 Å². The fourth-order valence-electron chi connectivity index (χ4n) is 1.57. The number of hydrogen-bond acceptors (Lipinski definition) is 3. The van der Waals surface area contributed by atoms with Crippen molar-refractivity contribution in [2.45, 2.75) is 32.7 Å². The van der Waals surface area contributed by atoms with Crippen LogP contribution in [0, 0.1) is 5.92 Å². The number of carboxylic acid groups (broad SMARTS) is 1. The summed E-state index contributed by atoms with van der Waals surface area (Å²) in [5, 5.41) is 11.7. The van der Waals surface area contributed by atoms with Gasteiger partial charge in [0.05, 0.1) is 17.5 Å². The molecule has 1 aromatic heterocycles. The second-order valence-electron chi connectivity index (χ2n) is 4.99. The highest BCUT2D eigenvalue weighted by molar-refractivity contribution is 9.10. The maximum Gasteiger partial charge on any atom is 0.305 e. The maximum absolute atomic E-state index is 12.1. The average Bonchev–Trinajstić information content (AvgIpc) is 2.27. The zero-order chi connectivity index (χ0) is 14.6. The number of hydrogen-bond donors (Lipinski definition) is 2. The molecule has 0 saturated carbocycles. The van der Waals surface area contributed by atoms with Gasteiger partial charge in [0, 0.05) is 16.9 Å². The number of aromatic nitrogens is 1. The van der Waals surface area contributed by atoms with E-state index in [1.54, 1.807) is 19.2 Å². The summed E-state index contributed by atoms with van der Waals surface area (Å²) in [7, 11) is 0. The van der Waals surface area contributed by atoms with Crippen LogP contribution in [-0.2, 0) is 4.79 Å². The fraction of sp³-hybridized carbons (Fsp3) is 0.462. The highest BCUT2D eigenvalue weighted by Crippen LogP contribution is 2.22. The molecule has 0 fully saturated rings. The van der Waals surface area contributed by atoms with Crippen LogP contribution in [0.4, 0.5) is 0 Å². The van der Waals surface area contributed by atoms with Gasteiger partial charge in [0.15, 0.2) is 0 Å². The summed E-state index contributed by atoms with van der Waals surface area (Å²) in [5.41, 5.74) is -0.405. The Bertz CT molecular complexity index is 491. The van der Waals surface area contributed by atoms with E-state index < -0.39 is 11.5 Å². The van der Waals surface area contributed by atoms with Crippen LogP contribution in [0.1, 0.15) is 37.6 Å². The molecule has 0 bridgehead atoms. The minimum absolute atomic E-state index is 0.00679. The topological polar surface area (TPSA) is 79.3 Å². The third-order valence-electron chi connectivity index (χ3n) is 3.16. The Labute approximate surface area is 120 Å². The van der Waals surface area contributed by atoms with E-state index in [2.05, 4.69) is 26.2 Å². The molecule has 1 rings (SSSR count). The highest BCUT2D eigenvalue weighted by Gasteiger charge is 2.33. The van der Waals surface area contributed by atoms with Crippen molar-refractivity contribution in [2.75, 3.05) is 0 Å². The Morgan fingerprint density at radius 1 is 1.47 bits per heavy atom. The number of carbonyl (C=O) groups excluding carboxylic acids is 1. The summed E-state index contributed by atoms with van der Waals surface area (Å²) >= 11 is 3.24. The number of nitrogens with zero attached hydrogens (tertiary/aromatic N) is 1. The number of aliphatic carboxylic acids is 1. The number of rotatable bonds is 5. The van der Waals surface area contributed by atoms with E-state index in [1.807, 2.05) is 13.8 Å². The van der Waals surface area contributed by atoms with Gasteiger partial charge in [-0.2, -0.15) is 0 Å². The van der Waals surface area contributed by atoms with E-state index in [4.69, 9.17) is 5.11 Å². The molecule has 0 aliphatic rings. The summed E-state index contributed by atoms with van der Waals surface area (Å²) in [6.45, 7) is 5.49. The number of halogens is 1. The second kappa shape index (κ2) is 6.14. The first kappa shape index (κ1) is 15.6. The van der Waals surface area contributed by atoms with Crippen LogP contribution in [0.2, 0.25) is 0 Å². The lowest BCUT2D eigenvalue weighted by atomic mass is 9.85. The van der Waals surface area contributed by atoms with E-state index in [-0.39, 0.29) is 18.2 Å². The van der Waals surface area contributed by atoms with Crippen LogP contribution in [-0.4, -0.2) is 27.5 Å². The van der Waals surface area contributed by atoms with E-state index in [0.29, 0.717) is 10.0 Å². The molecule has 6 heteroatoms. The molecule has 0 aliphatic heterocycles. The van der Waals surface area contributed by atoms with Crippen molar-refractivity contribution < 1.29 is 14.7 Å². The third-order valence-corrected chi connectivity index (χ3v) is 3.59. The largest absolute Gasteiger partial charge is 0.481 e. The summed E-state index contributed by atoms with van der Waals surface area (Å²) < 4.78 is 0.699. The Morgan fingerprint density at radius 3 is 2.58 bits per heavy atom. The van der Waals surface area contributed by atoms with Gasteiger partial charge in [0.1, 0.15) is 0 Å². The Kier molecular flexibility index (Phi) is 5.05.